The number of benzene rings is 2. The van der Waals surface area contributed by atoms with Gasteiger partial charge in [-0.3, -0.25) is 0 Å². The first-order valence-electron chi connectivity index (χ1n) is 11.1. The van der Waals surface area contributed by atoms with Crippen LogP contribution in [0.1, 0.15) is 41.3 Å². The van der Waals surface area contributed by atoms with E-state index in [1.54, 1.807) is 24.5 Å². The summed E-state index contributed by atoms with van der Waals surface area (Å²) >= 11 is 1.64. The van der Waals surface area contributed by atoms with Crippen molar-refractivity contribution in [3.05, 3.63) is 59.2 Å². The van der Waals surface area contributed by atoms with Crippen molar-refractivity contribution in [2.75, 3.05) is 13.7 Å². The first kappa shape index (κ1) is 21.9. The second-order valence-electron chi connectivity index (χ2n) is 9.26. The third kappa shape index (κ3) is 3.77. The lowest BCUT2D eigenvalue weighted by Crippen LogP contribution is -2.44. The van der Waals surface area contributed by atoms with Crippen LogP contribution in [0.3, 0.4) is 0 Å². The number of ether oxygens (including phenoxy) is 2. The lowest BCUT2D eigenvalue weighted by Gasteiger charge is -2.43. The summed E-state index contributed by atoms with van der Waals surface area (Å²) in [5.74, 6) is -0.00684. The van der Waals surface area contributed by atoms with Crippen LogP contribution in [-0.2, 0) is 4.74 Å². The number of aromatic carboxylic acids is 1. The molecule has 6 heteroatoms. The molecule has 170 valence electrons. The number of thiophene rings is 1. The smallest absolute Gasteiger partial charge is 0.336 e. The maximum Gasteiger partial charge on any atom is 0.336 e. The predicted octanol–water partition coefficient (Wildman–Crippen LogP) is 6.63. The van der Waals surface area contributed by atoms with Crippen molar-refractivity contribution >= 4 is 38.3 Å². The summed E-state index contributed by atoms with van der Waals surface area (Å²) in [6.07, 6.45) is 1.87. The summed E-state index contributed by atoms with van der Waals surface area (Å²) in [6, 6.07) is 13.7. The quantitative estimate of drug-likeness (QED) is 0.349. The molecule has 0 unspecified atom stereocenters. The van der Waals surface area contributed by atoms with Crippen LogP contribution in [0.15, 0.2) is 42.5 Å². The van der Waals surface area contributed by atoms with Gasteiger partial charge in [-0.05, 0) is 74.2 Å². The summed E-state index contributed by atoms with van der Waals surface area (Å²) in [4.78, 5) is 18.3. The van der Waals surface area contributed by atoms with E-state index < -0.39 is 5.97 Å². The fraction of sp³-hybridized carbons (Fsp3) is 0.333. The maximum atomic E-state index is 12.4. The minimum atomic E-state index is -0.978. The monoisotopic (exact) mass is 461 g/mol. The number of rotatable bonds is 6. The minimum absolute atomic E-state index is 0.0752. The number of carbonyl (C=O) groups is 1. The van der Waals surface area contributed by atoms with E-state index in [4.69, 9.17) is 14.5 Å². The van der Waals surface area contributed by atoms with Crippen LogP contribution in [0, 0.1) is 19.8 Å². The number of hydrogen-bond donors (Lipinski definition) is 1. The van der Waals surface area contributed by atoms with Crippen molar-refractivity contribution in [1.82, 2.24) is 4.98 Å². The van der Waals surface area contributed by atoms with E-state index >= 15 is 0 Å². The average molecular weight is 462 g/mol. The van der Waals surface area contributed by atoms with Gasteiger partial charge in [0.2, 0.25) is 0 Å². The van der Waals surface area contributed by atoms with Crippen LogP contribution >= 0.6 is 11.3 Å². The molecule has 0 saturated heterocycles. The van der Waals surface area contributed by atoms with Gasteiger partial charge < -0.3 is 14.6 Å². The Kier molecular flexibility index (Phi) is 5.38. The molecule has 1 saturated carbocycles. The number of aromatic nitrogens is 1. The van der Waals surface area contributed by atoms with E-state index in [0.717, 1.165) is 28.8 Å². The number of methoxy groups -OCH3 is 1. The van der Waals surface area contributed by atoms with Gasteiger partial charge in [0.15, 0.2) is 0 Å². The Hall–Kier alpha value is -2.96. The van der Waals surface area contributed by atoms with Crippen molar-refractivity contribution in [2.45, 2.75) is 39.2 Å². The summed E-state index contributed by atoms with van der Waals surface area (Å²) in [6.45, 7) is 6.67. The van der Waals surface area contributed by atoms with E-state index in [-0.39, 0.29) is 11.2 Å². The van der Waals surface area contributed by atoms with Crippen molar-refractivity contribution < 1.29 is 19.4 Å². The molecule has 0 aliphatic heterocycles. The van der Waals surface area contributed by atoms with Gasteiger partial charge >= 0.3 is 5.97 Å². The summed E-state index contributed by atoms with van der Waals surface area (Å²) in [5.41, 5.74) is 3.56. The summed E-state index contributed by atoms with van der Waals surface area (Å²) < 4.78 is 12.9. The molecule has 0 amide bonds. The maximum absolute atomic E-state index is 12.4. The second-order valence-corrected chi connectivity index (χ2v) is 10.3. The van der Waals surface area contributed by atoms with Gasteiger partial charge in [0, 0.05) is 11.8 Å². The second kappa shape index (κ2) is 8.12. The Labute approximate surface area is 197 Å². The Morgan fingerprint density at radius 3 is 2.67 bits per heavy atom. The van der Waals surface area contributed by atoms with Crippen LogP contribution in [-0.4, -0.2) is 35.4 Å². The summed E-state index contributed by atoms with van der Waals surface area (Å²) in [7, 11) is 1.74. The molecule has 4 aromatic rings. The van der Waals surface area contributed by atoms with E-state index in [9.17, 15) is 9.90 Å². The highest BCUT2D eigenvalue weighted by molar-refractivity contribution is 7.22. The molecule has 2 heterocycles. The number of aryl methyl sites for hydroxylation is 2. The van der Waals surface area contributed by atoms with Crippen molar-refractivity contribution in [3.8, 4) is 16.3 Å². The fourth-order valence-electron chi connectivity index (χ4n) is 4.92. The predicted molar refractivity (Wildman–Crippen MR) is 133 cm³/mol. The van der Waals surface area contributed by atoms with E-state index in [0.29, 0.717) is 34.9 Å². The third-order valence-corrected chi connectivity index (χ3v) is 8.13. The number of nitrogens with zero attached hydrogens (tertiary/aromatic N) is 1. The molecule has 1 N–H and O–H groups in total. The number of fused-ring (bicyclic) bond motifs is 2. The molecule has 0 atom stereocenters. The SMILES string of the molecule is COC1(C)CC(COc2ccc(C)c3nc(-c4sc5ccccc5c4C)cc(C(=O)O)c23)C1. The Morgan fingerprint density at radius 1 is 1.21 bits per heavy atom. The molecule has 33 heavy (non-hydrogen) atoms. The Morgan fingerprint density at radius 2 is 1.97 bits per heavy atom. The van der Waals surface area contributed by atoms with E-state index in [2.05, 4.69) is 26.0 Å². The van der Waals surface area contributed by atoms with Crippen LogP contribution in [0.5, 0.6) is 5.75 Å². The number of carboxylic acids is 1. The standard InChI is InChI=1S/C27H27NO4S/c1-15-9-10-21(32-14-17-12-27(3,13-17)31-4)23-19(26(29)30)11-20(28-24(15)23)25-16(2)18-7-5-6-8-22(18)33-25/h5-11,17H,12-14H2,1-4H3,(H,29,30). The first-order chi connectivity index (χ1) is 15.8. The molecule has 1 aliphatic rings. The highest BCUT2D eigenvalue weighted by atomic mass is 32.1. The van der Waals surface area contributed by atoms with Gasteiger partial charge in [0.1, 0.15) is 5.75 Å². The largest absolute Gasteiger partial charge is 0.493 e. The normalized spacial score (nSPS) is 20.2. The lowest BCUT2D eigenvalue weighted by molar-refractivity contribution is -0.0990. The zero-order valence-corrected chi connectivity index (χ0v) is 20.1. The molecule has 5 rings (SSSR count). The van der Waals surface area contributed by atoms with Crippen LogP contribution in [0.25, 0.3) is 31.6 Å². The van der Waals surface area contributed by atoms with Crippen LogP contribution in [0.4, 0.5) is 0 Å². The highest BCUT2D eigenvalue weighted by Gasteiger charge is 2.40. The van der Waals surface area contributed by atoms with Crippen LogP contribution < -0.4 is 4.74 Å². The highest BCUT2D eigenvalue weighted by Crippen LogP contribution is 2.42. The topological polar surface area (TPSA) is 68.7 Å². The number of hydrogen-bond acceptors (Lipinski definition) is 5. The number of carboxylic acid groups (broad SMARTS) is 1. The third-order valence-electron chi connectivity index (χ3n) is 6.84. The Bertz CT molecular complexity index is 1380. The molecule has 0 spiro atoms. The first-order valence-corrected chi connectivity index (χ1v) is 12.0. The minimum Gasteiger partial charge on any atom is -0.493 e. The van der Waals surface area contributed by atoms with Gasteiger partial charge in [-0.25, -0.2) is 9.78 Å². The molecular formula is C27H27NO4S. The molecule has 1 fully saturated rings. The molecule has 2 aromatic heterocycles. The van der Waals surface area contributed by atoms with Gasteiger partial charge in [-0.15, -0.1) is 11.3 Å². The van der Waals surface area contributed by atoms with Gasteiger partial charge in [-0.1, -0.05) is 24.3 Å². The van der Waals surface area contributed by atoms with Gasteiger partial charge in [-0.2, -0.15) is 0 Å². The van der Waals surface area contributed by atoms with Crippen molar-refractivity contribution in [1.29, 1.82) is 0 Å². The Balaban J connectivity index is 1.58. The van der Waals surface area contributed by atoms with Crippen molar-refractivity contribution in [3.63, 3.8) is 0 Å². The molecule has 2 aromatic carbocycles. The zero-order valence-electron chi connectivity index (χ0n) is 19.3. The van der Waals surface area contributed by atoms with Crippen LogP contribution in [0.2, 0.25) is 0 Å². The van der Waals surface area contributed by atoms with Gasteiger partial charge in [0.25, 0.3) is 0 Å². The van der Waals surface area contributed by atoms with E-state index in [1.807, 2.05) is 31.2 Å². The molecule has 0 radical (unpaired) electrons. The summed E-state index contributed by atoms with van der Waals surface area (Å²) in [5, 5.41) is 11.9. The average Bonchev–Trinajstić information content (AvgIpc) is 3.13. The van der Waals surface area contributed by atoms with E-state index in [1.165, 1.54) is 10.1 Å². The van der Waals surface area contributed by atoms with Gasteiger partial charge in [0.05, 0.1) is 39.2 Å². The number of pyridine rings is 1. The fourth-order valence-corrected chi connectivity index (χ4v) is 6.09. The molecule has 1 aliphatic carbocycles. The molecule has 5 nitrogen and oxygen atoms in total. The molecule has 0 bridgehead atoms. The molecular weight excluding hydrogens is 434 g/mol. The zero-order chi connectivity index (χ0) is 23.3. The van der Waals surface area contributed by atoms with Crippen molar-refractivity contribution in [2.24, 2.45) is 5.92 Å². The lowest BCUT2D eigenvalue weighted by atomic mass is 9.72.